The molecule has 1 aliphatic heterocycles. The van der Waals surface area contributed by atoms with Crippen LogP contribution in [0.15, 0.2) is 29.2 Å². The molecule has 146 valence electrons. The summed E-state index contributed by atoms with van der Waals surface area (Å²) in [5.41, 5.74) is 0. The van der Waals surface area contributed by atoms with Crippen molar-refractivity contribution >= 4 is 16.0 Å². The summed E-state index contributed by atoms with van der Waals surface area (Å²) in [4.78, 5) is 13.7. The molecule has 0 radical (unpaired) electrons. The third-order valence-corrected chi connectivity index (χ3v) is 6.03. The van der Waals surface area contributed by atoms with Crippen molar-refractivity contribution in [1.82, 2.24) is 9.62 Å². The third kappa shape index (κ3) is 5.43. The zero-order chi connectivity index (χ0) is 19.2. The number of carboxylic acid groups (broad SMARTS) is 1. The van der Waals surface area contributed by atoms with Crippen LogP contribution in [0.1, 0.15) is 39.5 Å². The molecule has 1 aromatic rings. The monoisotopic (exact) mass is 384 g/mol. The Hall–Kier alpha value is -1.64. The highest BCUT2D eigenvalue weighted by Gasteiger charge is 2.34. The fourth-order valence-corrected chi connectivity index (χ4v) is 4.44. The minimum atomic E-state index is -3.81. The van der Waals surface area contributed by atoms with E-state index in [0.717, 1.165) is 25.7 Å². The molecule has 0 amide bonds. The minimum Gasteiger partial charge on any atom is -0.494 e. The maximum Gasteiger partial charge on any atom is 0.322 e. The van der Waals surface area contributed by atoms with Crippen molar-refractivity contribution < 1.29 is 23.1 Å². The van der Waals surface area contributed by atoms with Gasteiger partial charge in [-0.15, -0.1) is 0 Å². The lowest BCUT2D eigenvalue weighted by Crippen LogP contribution is -2.55. The van der Waals surface area contributed by atoms with Gasteiger partial charge in [-0.2, -0.15) is 0 Å². The molecule has 2 rings (SSSR count). The molecule has 1 fully saturated rings. The number of hydrogen-bond donors (Lipinski definition) is 2. The second-order valence-electron chi connectivity index (χ2n) is 6.61. The summed E-state index contributed by atoms with van der Waals surface area (Å²) in [5, 5.41) is 9.59. The first-order valence-corrected chi connectivity index (χ1v) is 10.6. The zero-order valence-corrected chi connectivity index (χ0v) is 16.2. The smallest absolute Gasteiger partial charge is 0.322 e. The molecular formula is C18H28N2O5S. The third-order valence-electron chi connectivity index (χ3n) is 4.46. The molecule has 0 bridgehead atoms. The number of likely N-dealkylation sites (tertiary alicyclic amines) is 1. The molecule has 7 nitrogen and oxygen atoms in total. The van der Waals surface area contributed by atoms with Crippen molar-refractivity contribution in [2.45, 2.75) is 56.5 Å². The average Bonchev–Trinajstić information content (AvgIpc) is 2.60. The number of nitrogens with one attached hydrogen (secondary N) is 1. The van der Waals surface area contributed by atoms with Crippen molar-refractivity contribution in [2.75, 3.05) is 19.7 Å². The van der Waals surface area contributed by atoms with E-state index in [1.807, 2.05) is 11.8 Å². The summed E-state index contributed by atoms with van der Waals surface area (Å²) in [7, 11) is -3.81. The highest BCUT2D eigenvalue weighted by Crippen LogP contribution is 2.19. The molecule has 1 saturated heterocycles. The van der Waals surface area contributed by atoms with E-state index in [1.54, 1.807) is 19.1 Å². The van der Waals surface area contributed by atoms with Crippen molar-refractivity contribution in [3.63, 3.8) is 0 Å². The van der Waals surface area contributed by atoms with Gasteiger partial charge < -0.3 is 9.84 Å². The van der Waals surface area contributed by atoms with Gasteiger partial charge >= 0.3 is 5.97 Å². The van der Waals surface area contributed by atoms with Gasteiger partial charge in [0.05, 0.1) is 11.5 Å². The molecule has 0 aliphatic carbocycles. The highest BCUT2D eigenvalue weighted by molar-refractivity contribution is 7.89. The van der Waals surface area contributed by atoms with Gasteiger partial charge in [-0.1, -0.05) is 13.3 Å². The first-order valence-electron chi connectivity index (χ1n) is 9.07. The number of nitrogens with zero attached hydrogens (tertiary/aromatic N) is 1. The van der Waals surface area contributed by atoms with Crippen molar-refractivity contribution in [1.29, 1.82) is 0 Å². The molecule has 2 N–H and O–H groups in total. The Morgan fingerprint density at radius 2 is 1.85 bits per heavy atom. The minimum absolute atomic E-state index is 0.0935. The van der Waals surface area contributed by atoms with Gasteiger partial charge in [0.2, 0.25) is 10.0 Å². The SMILES string of the molecule is CCCOc1ccc(S(=O)(=O)NC(C)C(C(=O)O)N2CCCCC2)cc1. The number of carboxylic acids is 1. The number of hydrogen-bond acceptors (Lipinski definition) is 5. The van der Waals surface area contributed by atoms with Gasteiger partial charge in [0.25, 0.3) is 0 Å². The molecule has 26 heavy (non-hydrogen) atoms. The quantitative estimate of drug-likeness (QED) is 0.677. The van der Waals surface area contributed by atoms with Crippen molar-refractivity contribution in [3.8, 4) is 5.75 Å². The van der Waals surface area contributed by atoms with E-state index < -0.39 is 28.1 Å². The highest BCUT2D eigenvalue weighted by atomic mass is 32.2. The van der Waals surface area contributed by atoms with Crippen LogP contribution in [0.2, 0.25) is 0 Å². The van der Waals surface area contributed by atoms with E-state index in [4.69, 9.17) is 4.74 Å². The van der Waals surface area contributed by atoms with Crippen LogP contribution in [-0.2, 0) is 14.8 Å². The van der Waals surface area contributed by atoms with Gasteiger partial charge in [0.15, 0.2) is 0 Å². The summed E-state index contributed by atoms with van der Waals surface area (Å²) in [6.45, 7) is 5.51. The van der Waals surface area contributed by atoms with E-state index in [-0.39, 0.29) is 4.90 Å². The van der Waals surface area contributed by atoms with Gasteiger partial charge in [0.1, 0.15) is 11.8 Å². The van der Waals surface area contributed by atoms with Gasteiger partial charge in [-0.05, 0) is 63.5 Å². The van der Waals surface area contributed by atoms with Crippen LogP contribution in [0.4, 0.5) is 0 Å². The number of piperidine rings is 1. The molecule has 2 unspecified atom stereocenters. The first kappa shape index (κ1) is 20.7. The second kappa shape index (κ2) is 9.34. The van der Waals surface area contributed by atoms with Crippen molar-refractivity contribution in [2.24, 2.45) is 0 Å². The number of sulfonamides is 1. The number of benzene rings is 1. The summed E-state index contributed by atoms with van der Waals surface area (Å²) < 4.78 is 33.2. The Balaban J connectivity index is 2.09. The van der Waals surface area contributed by atoms with E-state index in [1.165, 1.54) is 12.1 Å². The Morgan fingerprint density at radius 3 is 2.38 bits per heavy atom. The largest absolute Gasteiger partial charge is 0.494 e. The van der Waals surface area contributed by atoms with E-state index in [2.05, 4.69) is 4.72 Å². The number of aliphatic carboxylic acids is 1. The molecule has 8 heteroatoms. The van der Waals surface area contributed by atoms with E-state index in [9.17, 15) is 18.3 Å². The Morgan fingerprint density at radius 1 is 1.23 bits per heavy atom. The van der Waals surface area contributed by atoms with Crippen LogP contribution < -0.4 is 9.46 Å². The molecule has 0 aromatic heterocycles. The van der Waals surface area contributed by atoms with Crippen LogP contribution in [0.25, 0.3) is 0 Å². The lowest BCUT2D eigenvalue weighted by atomic mass is 10.0. The normalized spacial score (nSPS) is 18.2. The molecular weight excluding hydrogens is 356 g/mol. The maximum absolute atomic E-state index is 12.6. The fraction of sp³-hybridized carbons (Fsp3) is 0.611. The maximum atomic E-state index is 12.6. The van der Waals surface area contributed by atoms with Crippen molar-refractivity contribution in [3.05, 3.63) is 24.3 Å². The summed E-state index contributed by atoms with van der Waals surface area (Å²) in [6.07, 6.45) is 3.81. The molecule has 0 saturated carbocycles. The molecule has 1 heterocycles. The van der Waals surface area contributed by atoms with Gasteiger partial charge in [-0.3, -0.25) is 9.69 Å². The van der Waals surface area contributed by atoms with Crippen LogP contribution >= 0.6 is 0 Å². The van der Waals surface area contributed by atoms with Crippen LogP contribution in [-0.4, -0.2) is 56.2 Å². The lowest BCUT2D eigenvalue weighted by molar-refractivity contribution is -0.144. The van der Waals surface area contributed by atoms with Crippen LogP contribution in [0.5, 0.6) is 5.75 Å². The molecule has 0 spiro atoms. The first-order chi connectivity index (χ1) is 12.3. The van der Waals surface area contributed by atoms with Gasteiger partial charge in [-0.25, -0.2) is 13.1 Å². The van der Waals surface area contributed by atoms with Crippen LogP contribution in [0.3, 0.4) is 0 Å². The molecule has 2 atom stereocenters. The second-order valence-corrected chi connectivity index (χ2v) is 8.32. The van der Waals surface area contributed by atoms with Gasteiger partial charge in [0, 0.05) is 6.04 Å². The molecule has 1 aromatic carbocycles. The number of ether oxygens (including phenoxy) is 1. The Labute approximate surface area is 155 Å². The summed E-state index contributed by atoms with van der Waals surface area (Å²) >= 11 is 0. The summed E-state index contributed by atoms with van der Waals surface area (Å²) in [6, 6.07) is 4.53. The predicted molar refractivity (Wildman–Crippen MR) is 98.9 cm³/mol. The number of carbonyl (C=O) groups is 1. The van der Waals surface area contributed by atoms with E-state index >= 15 is 0 Å². The van der Waals surface area contributed by atoms with Crippen LogP contribution in [0, 0.1) is 0 Å². The van der Waals surface area contributed by atoms with E-state index in [0.29, 0.717) is 25.4 Å². The lowest BCUT2D eigenvalue weighted by Gasteiger charge is -2.35. The standard InChI is InChI=1S/C18H28N2O5S/c1-3-13-25-15-7-9-16(10-8-15)26(23,24)19-14(2)17(18(21)22)20-11-5-4-6-12-20/h7-10,14,17,19H,3-6,11-13H2,1-2H3,(H,21,22). The Bertz CT molecular complexity index is 684. The number of rotatable bonds is 9. The summed E-state index contributed by atoms with van der Waals surface area (Å²) in [5.74, 6) is -0.402. The zero-order valence-electron chi connectivity index (χ0n) is 15.3. The average molecular weight is 384 g/mol. The Kier molecular flexibility index (Phi) is 7.43. The fourth-order valence-electron chi connectivity index (χ4n) is 3.19. The predicted octanol–water partition coefficient (Wildman–Crippen LogP) is 2.08. The molecule has 1 aliphatic rings. The topological polar surface area (TPSA) is 95.9 Å².